The molecule has 1 aromatic carbocycles. The molecule has 0 heterocycles. The molecular weight excluding hydrogens is 256 g/mol. The Morgan fingerprint density at radius 2 is 2.00 bits per heavy atom. The highest BCUT2D eigenvalue weighted by Crippen LogP contribution is 2.26. The molecule has 0 fully saturated rings. The molecule has 0 unspecified atom stereocenters. The molecule has 0 amide bonds. The Balaban J connectivity index is 2.75. The Hall–Kier alpha value is -2.10. The molecule has 0 saturated heterocycles. The molecule has 0 saturated carbocycles. The average Bonchev–Trinajstić information content (AvgIpc) is 2.37. The van der Waals surface area contributed by atoms with E-state index in [9.17, 15) is 9.59 Å². The molecule has 1 aromatic rings. The van der Waals surface area contributed by atoms with Crippen molar-refractivity contribution < 1.29 is 19.1 Å². The summed E-state index contributed by atoms with van der Waals surface area (Å²) in [6.07, 6.45) is 1.98. The number of carbonyl (C=O) groups excluding carboxylic acids is 2. The molecule has 0 bridgehead atoms. The van der Waals surface area contributed by atoms with Gasteiger partial charge in [0, 0.05) is 12.0 Å². The van der Waals surface area contributed by atoms with E-state index in [-0.39, 0.29) is 24.7 Å². The maximum absolute atomic E-state index is 11.5. The quantitative estimate of drug-likeness (QED) is 0.566. The predicted molar refractivity (Wildman–Crippen MR) is 77.8 cm³/mol. The van der Waals surface area contributed by atoms with Crippen LogP contribution in [0.15, 0.2) is 24.8 Å². The van der Waals surface area contributed by atoms with Gasteiger partial charge in [-0.2, -0.15) is 0 Å². The summed E-state index contributed by atoms with van der Waals surface area (Å²) in [6, 6.07) is 5.09. The second kappa shape index (κ2) is 7.48. The number of rotatable bonds is 7. The number of hydrogen-bond donors (Lipinski definition) is 0. The number of ketones is 1. The van der Waals surface area contributed by atoms with Crippen LogP contribution in [0.4, 0.5) is 0 Å². The first-order valence-corrected chi connectivity index (χ1v) is 6.55. The fourth-order valence-electron chi connectivity index (χ4n) is 1.57. The minimum absolute atomic E-state index is 0.0330. The molecule has 0 radical (unpaired) electrons. The van der Waals surface area contributed by atoms with Crippen molar-refractivity contribution in [2.75, 3.05) is 0 Å². The highest BCUT2D eigenvalue weighted by molar-refractivity contribution is 5.82. The van der Waals surface area contributed by atoms with Crippen LogP contribution in [-0.2, 0) is 9.59 Å². The van der Waals surface area contributed by atoms with Gasteiger partial charge in [-0.15, -0.1) is 0 Å². The maximum atomic E-state index is 11.5. The lowest BCUT2D eigenvalue weighted by atomic mass is 10.2. The van der Waals surface area contributed by atoms with E-state index in [0.717, 1.165) is 5.56 Å². The van der Waals surface area contributed by atoms with E-state index in [2.05, 4.69) is 6.58 Å². The summed E-state index contributed by atoms with van der Waals surface area (Å²) < 4.78 is 10.8. The molecule has 0 spiro atoms. The molecule has 0 aliphatic rings. The van der Waals surface area contributed by atoms with Gasteiger partial charge in [-0.05, 0) is 39.0 Å². The van der Waals surface area contributed by atoms with Crippen LogP contribution >= 0.6 is 0 Å². The Bertz CT molecular complexity index is 503. The van der Waals surface area contributed by atoms with Crippen molar-refractivity contribution >= 4 is 17.8 Å². The third-order valence-corrected chi connectivity index (χ3v) is 2.48. The van der Waals surface area contributed by atoms with Gasteiger partial charge in [0.25, 0.3) is 0 Å². The SMILES string of the molecule is C=Cc1cc(OC(=O)CCC(C)=O)ccc1OC(C)C. The van der Waals surface area contributed by atoms with Gasteiger partial charge in [-0.1, -0.05) is 12.7 Å². The van der Waals surface area contributed by atoms with Gasteiger partial charge in [-0.25, -0.2) is 0 Å². The first-order valence-electron chi connectivity index (χ1n) is 6.55. The Morgan fingerprint density at radius 1 is 1.30 bits per heavy atom. The van der Waals surface area contributed by atoms with E-state index < -0.39 is 5.97 Å². The van der Waals surface area contributed by atoms with Gasteiger partial charge in [0.05, 0.1) is 12.5 Å². The lowest BCUT2D eigenvalue weighted by Gasteiger charge is -2.13. The number of hydrogen-bond acceptors (Lipinski definition) is 4. The molecule has 4 heteroatoms. The lowest BCUT2D eigenvalue weighted by molar-refractivity contribution is -0.135. The van der Waals surface area contributed by atoms with E-state index in [4.69, 9.17) is 9.47 Å². The van der Waals surface area contributed by atoms with Gasteiger partial charge in [0.2, 0.25) is 0 Å². The summed E-state index contributed by atoms with van der Waals surface area (Å²) in [5, 5.41) is 0. The van der Waals surface area contributed by atoms with Crippen LogP contribution in [0.25, 0.3) is 6.08 Å². The predicted octanol–water partition coefficient (Wildman–Crippen LogP) is 3.39. The number of carbonyl (C=O) groups is 2. The van der Waals surface area contributed by atoms with E-state index in [1.807, 2.05) is 13.8 Å². The van der Waals surface area contributed by atoms with Crippen LogP contribution < -0.4 is 9.47 Å². The molecule has 4 nitrogen and oxygen atoms in total. The second-order valence-corrected chi connectivity index (χ2v) is 4.75. The normalized spacial score (nSPS) is 10.2. The van der Waals surface area contributed by atoms with Crippen LogP contribution in [0.1, 0.15) is 39.2 Å². The third kappa shape index (κ3) is 5.26. The van der Waals surface area contributed by atoms with Crippen molar-refractivity contribution in [2.24, 2.45) is 0 Å². The van der Waals surface area contributed by atoms with E-state index in [0.29, 0.717) is 11.5 Å². The van der Waals surface area contributed by atoms with Crippen molar-refractivity contribution in [3.63, 3.8) is 0 Å². The standard InChI is InChI=1S/C16H20O4/c1-5-13-10-14(7-8-15(13)19-11(2)3)20-16(18)9-6-12(4)17/h5,7-8,10-11H,1,6,9H2,2-4H3. The largest absolute Gasteiger partial charge is 0.490 e. The van der Waals surface area contributed by atoms with Crippen molar-refractivity contribution in [3.05, 3.63) is 30.3 Å². The summed E-state index contributed by atoms with van der Waals surface area (Å²) >= 11 is 0. The first-order chi connectivity index (χ1) is 9.42. The highest BCUT2D eigenvalue weighted by Gasteiger charge is 2.09. The molecule has 0 N–H and O–H groups in total. The topological polar surface area (TPSA) is 52.6 Å². The van der Waals surface area contributed by atoms with Crippen LogP contribution in [0.5, 0.6) is 11.5 Å². The highest BCUT2D eigenvalue weighted by atomic mass is 16.5. The second-order valence-electron chi connectivity index (χ2n) is 4.75. The Kier molecular flexibility index (Phi) is 5.97. The van der Waals surface area contributed by atoms with Crippen molar-refractivity contribution in [1.82, 2.24) is 0 Å². The number of benzene rings is 1. The van der Waals surface area contributed by atoms with Crippen molar-refractivity contribution in [1.29, 1.82) is 0 Å². The fraction of sp³-hybridized carbons (Fsp3) is 0.375. The lowest BCUT2D eigenvalue weighted by Crippen LogP contribution is -2.10. The smallest absolute Gasteiger partial charge is 0.311 e. The minimum atomic E-state index is -0.423. The van der Waals surface area contributed by atoms with Crippen LogP contribution in [0, 0.1) is 0 Å². The Morgan fingerprint density at radius 3 is 2.55 bits per heavy atom. The molecule has 108 valence electrons. The van der Waals surface area contributed by atoms with Gasteiger partial charge in [0.1, 0.15) is 17.3 Å². The molecule has 0 aromatic heterocycles. The molecule has 20 heavy (non-hydrogen) atoms. The molecule has 0 aliphatic heterocycles. The zero-order valence-electron chi connectivity index (χ0n) is 12.1. The van der Waals surface area contributed by atoms with Crippen molar-refractivity contribution in [3.8, 4) is 11.5 Å². The molecular formula is C16H20O4. The summed E-state index contributed by atoms with van der Waals surface area (Å²) in [7, 11) is 0. The maximum Gasteiger partial charge on any atom is 0.311 e. The zero-order chi connectivity index (χ0) is 15.1. The van der Waals surface area contributed by atoms with Crippen molar-refractivity contribution in [2.45, 2.75) is 39.7 Å². The summed E-state index contributed by atoms with van der Waals surface area (Å²) in [5.74, 6) is 0.658. The summed E-state index contributed by atoms with van der Waals surface area (Å²) in [5.41, 5.74) is 0.760. The van der Waals surface area contributed by atoms with Gasteiger partial charge >= 0.3 is 5.97 Å². The zero-order valence-corrected chi connectivity index (χ0v) is 12.1. The Labute approximate surface area is 119 Å². The van der Waals surface area contributed by atoms with E-state index in [1.54, 1.807) is 24.3 Å². The van der Waals surface area contributed by atoms with Crippen LogP contribution in [0.3, 0.4) is 0 Å². The number of ether oxygens (including phenoxy) is 2. The number of esters is 1. The van der Waals surface area contributed by atoms with Crippen LogP contribution in [0.2, 0.25) is 0 Å². The van der Waals surface area contributed by atoms with Gasteiger partial charge in [0.15, 0.2) is 0 Å². The molecule has 0 aliphatic carbocycles. The fourth-order valence-corrected chi connectivity index (χ4v) is 1.57. The summed E-state index contributed by atoms with van der Waals surface area (Å²) in [4.78, 5) is 22.4. The molecule has 1 rings (SSSR count). The van der Waals surface area contributed by atoms with Crippen LogP contribution in [-0.4, -0.2) is 17.9 Å². The van der Waals surface area contributed by atoms with E-state index >= 15 is 0 Å². The van der Waals surface area contributed by atoms with Gasteiger partial charge in [-0.3, -0.25) is 4.79 Å². The summed E-state index contributed by atoms with van der Waals surface area (Å²) in [6.45, 7) is 9.03. The third-order valence-electron chi connectivity index (χ3n) is 2.48. The average molecular weight is 276 g/mol. The number of Topliss-reactive ketones (excluding diaryl/α,β-unsaturated/α-hetero) is 1. The van der Waals surface area contributed by atoms with Gasteiger partial charge < -0.3 is 14.3 Å². The minimum Gasteiger partial charge on any atom is -0.490 e. The molecule has 0 atom stereocenters. The van der Waals surface area contributed by atoms with E-state index in [1.165, 1.54) is 6.92 Å². The first kappa shape index (κ1) is 16.0. The monoisotopic (exact) mass is 276 g/mol.